The van der Waals surface area contributed by atoms with E-state index in [0.29, 0.717) is 5.92 Å². The Balaban J connectivity index is 6.78. The molecule has 0 aliphatic heterocycles. The molecule has 0 aliphatic carbocycles. The lowest BCUT2D eigenvalue weighted by Crippen LogP contribution is -2.58. The molecular weight excluding hydrogens is 418 g/mol. The Hall–Kier alpha value is -0.860. The van der Waals surface area contributed by atoms with Crippen LogP contribution < -0.4 is 5.73 Å². The average Bonchev–Trinajstić information content (AvgIpc) is 2.57. The highest BCUT2D eigenvalue weighted by Crippen LogP contribution is 2.62. The van der Waals surface area contributed by atoms with E-state index in [9.17, 15) is 9.59 Å². The Morgan fingerprint density at radius 2 is 1.21 bits per heavy atom. The van der Waals surface area contributed by atoms with Crippen molar-refractivity contribution in [2.45, 2.75) is 131 Å². The van der Waals surface area contributed by atoms with E-state index in [4.69, 9.17) is 5.73 Å². The topological polar surface area (TPSA) is 60.2 Å². The van der Waals surface area contributed by atoms with Gasteiger partial charge in [0.15, 0.2) is 0 Å². The highest BCUT2D eigenvalue weighted by atomic mass is 16.1. The number of rotatable bonds is 11. The largest absolute Gasteiger partial charge is 0.369 e. The molecule has 0 fully saturated rings. The molecule has 2 N–H and O–H groups in total. The second-order valence-electron chi connectivity index (χ2n) is 16.1. The predicted octanol–water partition coefficient (Wildman–Crippen LogP) is 8.54. The van der Waals surface area contributed by atoms with Crippen LogP contribution in [0.5, 0.6) is 0 Å². The summed E-state index contributed by atoms with van der Waals surface area (Å²) in [6, 6.07) is 0. The maximum absolute atomic E-state index is 13.3. The van der Waals surface area contributed by atoms with Crippen molar-refractivity contribution in [2.24, 2.45) is 61.4 Å². The SMILES string of the molecule is CCC(C)(CC(C)(C)C(C(N)=O)C(C)(C)C(C)(C)C(C=O)C(C)(C)C(C)C(C)(C)C)C(C)(C)C. The van der Waals surface area contributed by atoms with Gasteiger partial charge in [0.1, 0.15) is 6.29 Å². The van der Waals surface area contributed by atoms with Crippen molar-refractivity contribution < 1.29 is 9.59 Å². The minimum Gasteiger partial charge on any atom is -0.369 e. The zero-order valence-corrected chi connectivity index (χ0v) is 26.1. The van der Waals surface area contributed by atoms with Crippen LogP contribution >= 0.6 is 0 Å². The zero-order chi connectivity index (χ0) is 27.9. The third-order valence-corrected chi connectivity index (χ3v) is 11.0. The summed E-state index contributed by atoms with van der Waals surface area (Å²) in [4.78, 5) is 26.1. The summed E-state index contributed by atoms with van der Waals surface area (Å²) in [5, 5.41) is 0. The van der Waals surface area contributed by atoms with Crippen molar-refractivity contribution >= 4 is 12.2 Å². The molecule has 0 radical (unpaired) electrons. The smallest absolute Gasteiger partial charge is 0.221 e. The summed E-state index contributed by atoms with van der Waals surface area (Å²) >= 11 is 0. The Morgan fingerprint density at radius 3 is 1.47 bits per heavy atom. The molecule has 3 nitrogen and oxygen atoms in total. The van der Waals surface area contributed by atoms with Crippen molar-refractivity contribution in [3.63, 3.8) is 0 Å². The number of carbonyl (C=O) groups excluding carboxylic acids is 2. The molecule has 4 unspecified atom stereocenters. The van der Waals surface area contributed by atoms with Crippen molar-refractivity contribution in [1.82, 2.24) is 0 Å². The molecule has 0 aromatic carbocycles. The van der Waals surface area contributed by atoms with Crippen LogP contribution in [0.25, 0.3) is 0 Å². The Bertz CT molecular complexity index is 715. The molecule has 0 aromatic heterocycles. The lowest BCUT2D eigenvalue weighted by Gasteiger charge is -2.59. The number of carbonyl (C=O) groups is 2. The normalized spacial score (nSPS) is 19.2. The fourth-order valence-corrected chi connectivity index (χ4v) is 7.18. The van der Waals surface area contributed by atoms with Crippen LogP contribution in [-0.4, -0.2) is 12.2 Å². The zero-order valence-electron chi connectivity index (χ0n) is 26.1. The first-order chi connectivity index (χ1) is 14.7. The summed E-state index contributed by atoms with van der Waals surface area (Å²) in [6.07, 6.45) is 3.07. The molecule has 202 valence electrons. The third-order valence-electron chi connectivity index (χ3n) is 11.0. The predicted molar refractivity (Wildman–Crippen MR) is 148 cm³/mol. The van der Waals surface area contributed by atoms with E-state index in [0.717, 1.165) is 19.1 Å². The second-order valence-corrected chi connectivity index (χ2v) is 16.1. The molecule has 0 saturated heterocycles. The highest BCUT2D eigenvalue weighted by molar-refractivity contribution is 5.78. The first-order valence-corrected chi connectivity index (χ1v) is 13.4. The van der Waals surface area contributed by atoms with Gasteiger partial charge in [0.25, 0.3) is 0 Å². The molecule has 3 heteroatoms. The van der Waals surface area contributed by atoms with E-state index in [1.165, 1.54) is 0 Å². The highest BCUT2D eigenvalue weighted by Gasteiger charge is 2.59. The second kappa shape index (κ2) is 9.89. The molecule has 34 heavy (non-hydrogen) atoms. The maximum Gasteiger partial charge on any atom is 0.221 e. The maximum atomic E-state index is 13.3. The molecule has 1 amide bonds. The fourth-order valence-electron chi connectivity index (χ4n) is 7.18. The minimum absolute atomic E-state index is 0.0501. The molecule has 0 heterocycles. The van der Waals surface area contributed by atoms with Crippen molar-refractivity contribution in [3.8, 4) is 0 Å². The quantitative estimate of drug-likeness (QED) is 0.302. The van der Waals surface area contributed by atoms with Gasteiger partial charge in [-0.05, 0) is 50.2 Å². The van der Waals surface area contributed by atoms with Crippen molar-refractivity contribution in [3.05, 3.63) is 0 Å². The molecule has 0 rings (SSSR count). The molecule has 0 aliphatic rings. The molecule has 4 atom stereocenters. The monoisotopic (exact) mass is 479 g/mol. The Morgan fingerprint density at radius 1 is 0.794 bits per heavy atom. The van der Waals surface area contributed by atoms with Gasteiger partial charge in [-0.1, -0.05) is 124 Å². The minimum atomic E-state index is -0.505. The van der Waals surface area contributed by atoms with Gasteiger partial charge in [0, 0.05) is 11.8 Å². The van der Waals surface area contributed by atoms with Gasteiger partial charge in [0.2, 0.25) is 5.91 Å². The lowest BCUT2D eigenvalue weighted by molar-refractivity contribution is -0.156. The first-order valence-electron chi connectivity index (χ1n) is 13.4. The summed E-state index contributed by atoms with van der Waals surface area (Å²) in [7, 11) is 0. The molecular formula is C31H61NO2. The lowest BCUT2D eigenvalue weighted by atomic mass is 9.44. The summed E-state index contributed by atoms with van der Waals surface area (Å²) in [6.45, 7) is 38.0. The molecule has 0 saturated carbocycles. The van der Waals surface area contributed by atoms with Crippen LogP contribution in [0.15, 0.2) is 0 Å². The number of nitrogens with two attached hydrogens (primary N) is 1. The van der Waals surface area contributed by atoms with Gasteiger partial charge in [-0.3, -0.25) is 4.79 Å². The van der Waals surface area contributed by atoms with E-state index >= 15 is 0 Å². The standard InChI is InChI=1S/C31H61NO2/c1-18-31(17,26(6,7)8)20-27(9,10)23(24(32)34)30(15,16)29(13,14)22(19-33)28(11,12)21(2)25(3,4)5/h19,21-23H,18,20H2,1-17H3,(H2,32,34). The van der Waals surface area contributed by atoms with Gasteiger partial charge >= 0.3 is 0 Å². The van der Waals surface area contributed by atoms with Crippen molar-refractivity contribution in [2.75, 3.05) is 0 Å². The number of amides is 1. The van der Waals surface area contributed by atoms with Gasteiger partial charge in [-0.15, -0.1) is 0 Å². The number of hydrogen-bond acceptors (Lipinski definition) is 2. The average molecular weight is 480 g/mol. The van der Waals surface area contributed by atoms with E-state index in [2.05, 4.69) is 118 Å². The van der Waals surface area contributed by atoms with Crippen molar-refractivity contribution in [1.29, 1.82) is 0 Å². The fraction of sp³-hybridized carbons (Fsp3) is 0.935. The van der Waals surface area contributed by atoms with E-state index in [1.807, 2.05) is 0 Å². The summed E-state index contributed by atoms with van der Waals surface area (Å²) < 4.78 is 0. The van der Waals surface area contributed by atoms with Crippen LogP contribution in [-0.2, 0) is 9.59 Å². The number of aldehydes is 1. The van der Waals surface area contributed by atoms with Gasteiger partial charge in [-0.25, -0.2) is 0 Å². The van der Waals surface area contributed by atoms with Gasteiger partial charge < -0.3 is 10.5 Å². The number of hydrogen-bond donors (Lipinski definition) is 1. The molecule has 0 bridgehead atoms. The van der Waals surface area contributed by atoms with E-state index in [-0.39, 0.29) is 44.8 Å². The Kier molecular flexibility index (Phi) is 9.64. The van der Waals surface area contributed by atoms with Gasteiger partial charge in [0.05, 0.1) is 0 Å². The van der Waals surface area contributed by atoms with E-state index in [1.54, 1.807) is 0 Å². The summed E-state index contributed by atoms with van der Waals surface area (Å²) in [5.74, 6) is -0.579. The molecule has 0 spiro atoms. The van der Waals surface area contributed by atoms with Crippen LogP contribution in [0.3, 0.4) is 0 Å². The first kappa shape index (κ1) is 33.1. The van der Waals surface area contributed by atoms with E-state index < -0.39 is 10.8 Å². The van der Waals surface area contributed by atoms with Crippen LogP contribution in [0.4, 0.5) is 0 Å². The number of primary amides is 1. The van der Waals surface area contributed by atoms with Crippen LogP contribution in [0.1, 0.15) is 131 Å². The third kappa shape index (κ3) is 6.09. The van der Waals surface area contributed by atoms with Crippen LogP contribution in [0, 0.1) is 55.7 Å². The Labute approximate surface area is 213 Å². The van der Waals surface area contributed by atoms with Gasteiger partial charge in [-0.2, -0.15) is 0 Å². The summed E-state index contributed by atoms with van der Waals surface area (Å²) in [5.41, 5.74) is 4.88. The molecule has 0 aromatic rings. The van der Waals surface area contributed by atoms with Crippen LogP contribution in [0.2, 0.25) is 0 Å².